The highest BCUT2D eigenvalue weighted by Gasteiger charge is 2.56. The zero-order valence-electron chi connectivity index (χ0n) is 17.8. The summed E-state index contributed by atoms with van der Waals surface area (Å²) >= 11 is 0. The van der Waals surface area contributed by atoms with Crippen LogP contribution in [0.5, 0.6) is 0 Å². The zero-order chi connectivity index (χ0) is 21.3. The second kappa shape index (κ2) is 8.28. The quantitative estimate of drug-likeness (QED) is 0.733. The number of halogens is 1. The lowest BCUT2D eigenvalue weighted by Gasteiger charge is -2.43. The van der Waals surface area contributed by atoms with E-state index < -0.39 is 32.5 Å². The molecule has 4 nitrogen and oxygen atoms in total. The summed E-state index contributed by atoms with van der Waals surface area (Å²) in [5, 5.41) is 12.6. The van der Waals surface area contributed by atoms with E-state index in [0.29, 0.717) is 0 Å². The molecule has 1 fully saturated rings. The second-order valence-electron chi connectivity index (χ2n) is 8.81. The lowest BCUT2D eigenvalue weighted by Crippen LogP contribution is -2.67. The molecule has 2 aromatic carbocycles. The van der Waals surface area contributed by atoms with E-state index in [2.05, 4.69) is 45.0 Å². The normalized spacial score (nSPS) is 27.9. The van der Waals surface area contributed by atoms with Crippen LogP contribution in [-0.2, 0) is 13.9 Å². The van der Waals surface area contributed by atoms with Crippen molar-refractivity contribution in [2.24, 2.45) is 0 Å². The van der Waals surface area contributed by atoms with E-state index >= 15 is 0 Å². The predicted octanol–water partition coefficient (Wildman–Crippen LogP) is 3.02. The van der Waals surface area contributed by atoms with E-state index in [9.17, 15) is 9.50 Å². The van der Waals surface area contributed by atoms with Gasteiger partial charge in [0.05, 0.1) is 6.61 Å². The summed E-state index contributed by atoms with van der Waals surface area (Å²) in [5.74, 6) is 0. The summed E-state index contributed by atoms with van der Waals surface area (Å²) in [6.45, 7) is 7.88. The molecule has 3 rings (SSSR count). The number of hydrogen-bond acceptors (Lipinski definition) is 4. The third-order valence-corrected chi connectivity index (χ3v) is 10.8. The van der Waals surface area contributed by atoms with Crippen molar-refractivity contribution in [1.82, 2.24) is 0 Å². The minimum atomic E-state index is -2.78. The number of aliphatic hydroxyl groups is 1. The average Bonchev–Trinajstić information content (AvgIpc) is 2.92. The average molecular weight is 419 g/mol. The molecule has 2 aromatic rings. The molecule has 1 aliphatic heterocycles. The Morgan fingerprint density at radius 3 is 1.90 bits per heavy atom. The maximum Gasteiger partial charge on any atom is 0.261 e. The minimum Gasteiger partial charge on any atom is -0.405 e. The smallest absolute Gasteiger partial charge is 0.261 e. The van der Waals surface area contributed by atoms with Gasteiger partial charge in [0, 0.05) is 7.11 Å². The van der Waals surface area contributed by atoms with Crippen LogP contribution in [-0.4, -0.2) is 51.3 Å². The van der Waals surface area contributed by atoms with Crippen molar-refractivity contribution in [2.45, 2.75) is 56.9 Å². The Bertz CT molecular complexity index is 752. The lowest BCUT2D eigenvalue weighted by molar-refractivity contribution is -0.163. The van der Waals surface area contributed by atoms with Crippen molar-refractivity contribution in [3.63, 3.8) is 0 Å². The van der Waals surface area contributed by atoms with Crippen LogP contribution in [0.3, 0.4) is 0 Å². The summed E-state index contributed by atoms with van der Waals surface area (Å²) in [7, 11) is -1.40. The van der Waals surface area contributed by atoms with Crippen LogP contribution in [0.4, 0.5) is 4.39 Å². The largest absolute Gasteiger partial charge is 0.405 e. The van der Waals surface area contributed by atoms with Gasteiger partial charge in [0.2, 0.25) is 0 Å². The van der Waals surface area contributed by atoms with Gasteiger partial charge in [-0.25, -0.2) is 4.39 Å². The Morgan fingerprint density at radius 2 is 1.52 bits per heavy atom. The first kappa shape index (κ1) is 22.1. The molecule has 1 N–H and O–H groups in total. The van der Waals surface area contributed by atoms with Crippen molar-refractivity contribution >= 4 is 18.7 Å². The molecule has 4 atom stereocenters. The minimum absolute atomic E-state index is 0.0772. The van der Waals surface area contributed by atoms with Crippen LogP contribution in [0.15, 0.2) is 60.7 Å². The highest BCUT2D eigenvalue weighted by atomic mass is 28.4. The predicted molar refractivity (Wildman–Crippen MR) is 115 cm³/mol. The fraction of sp³-hybridized carbons (Fsp3) is 0.478. The van der Waals surface area contributed by atoms with Crippen LogP contribution in [0.1, 0.15) is 27.7 Å². The number of ether oxygens (including phenoxy) is 2. The molecule has 6 heteroatoms. The summed E-state index contributed by atoms with van der Waals surface area (Å²) in [6.07, 6.45) is -3.26. The molecule has 1 aliphatic rings. The maximum absolute atomic E-state index is 14.9. The van der Waals surface area contributed by atoms with Crippen molar-refractivity contribution in [1.29, 1.82) is 0 Å². The molecule has 29 heavy (non-hydrogen) atoms. The van der Waals surface area contributed by atoms with E-state index in [1.54, 1.807) is 0 Å². The SMILES string of the molecule is COC1O[C@H](CO[Si](c2ccccc2)(c2ccccc2)C(C)(C)C)[C@@H](O)[C@@]1(C)F. The standard InChI is InChI=1S/C23H31FO4Si/c1-22(2,3)29(17-12-8-6-9-13-17,18-14-10-7-11-15-18)27-16-19-20(25)23(4,24)21(26-5)28-19/h6-15,19-21,25H,16H2,1-5H3/t19-,20-,21?,23-/m1/s1. The second-order valence-corrected chi connectivity index (χ2v) is 13.1. The molecule has 0 radical (unpaired) electrons. The summed E-state index contributed by atoms with van der Waals surface area (Å²) < 4.78 is 32.4. The van der Waals surface area contributed by atoms with E-state index in [4.69, 9.17) is 13.9 Å². The molecule has 0 amide bonds. The van der Waals surface area contributed by atoms with Crippen LogP contribution < -0.4 is 10.4 Å². The molecule has 0 bridgehead atoms. The topological polar surface area (TPSA) is 47.9 Å². The highest BCUT2D eigenvalue weighted by molar-refractivity contribution is 6.99. The van der Waals surface area contributed by atoms with E-state index in [0.717, 1.165) is 10.4 Å². The first-order chi connectivity index (χ1) is 13.6. The van der Waals surface area contributed by atoms with E-state index in [1.165, 1.54) is 14.0 Å². The number of methoxy groups -OCH3 is 1. The molecule has 0 saturated carbocycles. The summed E-state index contributed by atoms with van der Waals surface area (Å²) in [5.41, 5.74) is -1.99. The molecule has 0 spiro atoms. The number of rotatable bonds is 6. The Morgan fingerprint density at radius 1 is 1.03 bits per heavy atom. The zero-order valence-corrected chi connectivity index (χ0v) is 18.8. The highest BCUT2D eigenvalue weighted by Crippen LogP contribution is 2.39. The fourth-order valence-corrected chi connectivity index (χ4v) is 8.82. The Balaban J connectivity index is 2.01. The third-order valence-electron chi connectivity index (χ3n) is 5.78. The van der Waals surface area contributed by atoms with Gasteiger partial charge in [0.1, 0.15) is 12.2 Å². The Labute approximate surface area is 173 Å². The Hall–Kier alpha value is -1.57. The molecule has 1 saturated heterocycles. The van der Waals surface area contributed by atoms with Gasteiger partial charge in [-0.1, -0.05) is 81.4 Å². The molecule has 1 unspecified atom stereocenters. The van der Waals surface area contributed by atoms with Gasteiger partial charge in [-0.05, 0) is 22.3 Å². The van der Waals surface area contributed by atoms with Crippen molar-refractivity contribution in [3.05, 3.63) is 60.7 Å². The van der Waals surface area contributed by atoms with Gasteiger partial charge in [-0.15, -0.1) is 0 Å². The van der Waals surface area contributed by atoms with Crippen molar-refractivity contribution in [3.8, 4) is 0 Å². The Kier molecular flexibility index (Phi) is 6.32. The lowest BCUT2D eigenvalue weighted by atomic mass is 10.00. The number of alkyl halides is 1. The summed E-state index contributed by atoms with van der Waals surface area (Å²) in [4.78, 5) is 0. The summed E-state index contributed by atoms with van der Waals surface area (Å²) in [6, 6.07) is 20.4. The molecular formula is C23H31FO4Si. The monoisotopic (exact) mass is 418 g/mol. The first-order valence-electron chi connectivity index (χ1n) is 9.95. The van der Waals surface area contributed by atoms with Crippen molar-refractivity contribution in [2.75, 3.05) is 13.7 Å². The molecule has 0 aromatic heterocycles. The number of hydrogen-bond donors (Lipinski definition) is 1. The van der Waals surface area contributed by atoms with Gasteiger partial charge in [0.15, 0.2) is 12.0 Å². The van der Waals surface area contributed by atoms with Crippen molar-refractivity contribution < 1.29 is 23.4 Å². The van der Waals surface area contributed by atoms with Gasteiger partial charge in [-0.3, -0.25) is 0 Å². The van der Waals surface area contributed by atoms with Gasteiger partial charge in [-0.2, -0.15) is 0 Å². The maximum atomic E-state index is 14.9. The molecule has 158 valence electrons. The fourth-order valence-electron chi connectivity index (χ4n) is 4.25. The molecule has 0 aliphatic carbocycles. The van der Waals surface area contributed by atoms with Gasteiger partial charge < -0.3 is 19.0 Å². The first-order valence-corrected chi connectivity index (χ1v) is 11.9. The van der Waals surface area contributed by atoms with Gasteiger partial charge in [0.25, 0.3) is 8.32 Å². The number of aliphatic hydroxyl groups excluding tert-OH is 1. The van der Waals surface area contributed by atoms with E-state index in [-0.39, 0.29) is 11.6 Å². The van der Waals surface area contributed by atoms with Gasteiger partial charge >= 0.3 is 0 Å². The van der Waals surface area contributed by atoms with Crippen LogP contribution in [0.25, 0.3) is 0 Å². The van der Waals surface area contributed by atoms with Crippen LogP contribution in [0.2, 0.25) is 5.04 Å². The molecular weight excluding hydrogens is 387 g/mol. The van der Waals surface area contributed by atoms with Crippen LogP contribution in [0, 0.1) is 0 Å². The van der Waals surface area contributed by atoms with Crippen LogP contribution >= 0.6 is 0 Å². The van der Waals surface area contributed by atoms with E-state index in [1.807, 2.05) is 36.4 Å². The third kappa shape index (κ3) is 3.92. The molecule has 1 heterocycles. The number of benzene rings is 2.